The first kappa shape index (κ1) is 19.8. The number of nitrogens with zero attached hydrogens (tertiary/aromatic N) is 3. The molecule has 9 nitrogen and oxygen atoms in total. The van der Waals surface area contributed by atoms with E-state index in [0.717, 1.165) is 17.7 Å². The van der Waals surface area contributed by atoms with E-state index in [-0.39, 0.29) is 24.7 Å². The zero-order valence-electron chi connectivity index (χ0n) is 16.0. The van der Waals surface area contributed by atoms with Gasteiger partial charge in [-0.25, -0.2) is 4.79 Å². The van der Waals surface area contributed by atoms with E-state index in [2.05, 4.69) is 12.2 Å². The lowest BCUT2D eigenvalue weighted by molar-refractivity contribution is -0.384. The number of urea groups is 1. The maximum atomic E-state index is 12.8. The summed E-state index contributed by atoms with van der Waals surface area (Å²) in [4.78, 5) is 50.4. The number of likely N-dealkylation sites (N-methyl/N-ethyl adjacent to an activating group) is 1. The number of non-ortho nitro benzene ring substituents is 1. The smallest absolute Gasteiger partial charge is 0.325 e. The van der Waals surface area contributed by atoms with E-state index in [1.165, 1.54) is 24.1 Å². The fourth-order valence-electron chi connectivity index (χ4n) is 3.80. The Balaban J connectivity index is 1.64. The molecule has 0 unspecified atom stereocenters. The van der Waals surface area contributed by atoms with Gasteiger partial charge in [-0.1, -0.05) is 19.1 Å². The molecule has 2 aliphatic rings. The minimum atomic E-state index is -0.873. The molecule has 0 atom stereocenters. The van der Waals surface area contributed by atoms with Gasteiger partial charge in [0.1, 0.15) is 12.1 Å². The monoisotopic (exact) mass is 388 g/mol. The van der Waals surface area contributed by atoms with E-state index < -0.39 is 22.4 Å². The van der Waals surface area contributed by atoms with Gasteiger partial charge in [0.25, 0.3) is 11.6 Å². The van der Waals surface area contributed by atoms with Gasteiger partial charge < -0.3 is 10.2 Å². The van der Waals surface area contributed by atoms with Crippen molar-refractivity contribution in [2.45, 2.75) is 44.7 Å². The number of hydrogen-bond donors (Lipinski definition) is 1. The molecule has 3 rings (SSSR count). The van der Waals surface area contributed by atoms with Crippen LogP contribution in [0.5, 0.6) is 0 Å². The zero-order chi connectivity index (χ0) is 20.5. The van der Waals surface area contributed by atoms with Crippen molar-refractivity contribution in [2.24, 2.45) is 5.92 Å². The maximum absolute atomic E-state index is 12.8. The van der Waals surface area contributed by atoms with Gasteiger partial charge in [-0.3, -0.25) is 24.6 Å². The van der Waals surface area contributed by atoms with Crippen molar-refractivity contribution in [3.05, 3.63) is 39.9 Å². The summed E-state index contributed by atoms with van der Waals surface area (Å²) in [5.41, 5.74) is -0.330. The van der Waals surface area contributed by atoms with Gasteiger partial charge in [0.15, 0.2) is 0 Å². The lowest BCUT2D eigenvalue weighted by atomic mass is 9.77. The molecule has 150 valence electrons. The summed E-state index contributed by atoms with van der Waals surface area (Å²) in [6.45, 7) is 1.93. The second kappa shape index (κ2) is 7.57. The van der Waals surface area contributed by atoms with Crippen LogP contribution in [0.1, 0.15) is 38.2 Å². The van der Waals surface area contributed by atoms with Crippen LogP contribution in [0.3, 0.4) is 0 Å². The second-order valence-corrected chi connectivity index (χ2v) is 7.76. The maximum Gasteiger partial charge on any atom is 0.325 e. The highest BCUT2D eigenvalue weighted by molar-refractivity contribution is 6.09. The third kappa shape index (κ3) is 3.83. The number of carbonyl (C=O) groups excluding carboxylic acids is 3. The number of nitrogens with one attached hydrogen (secondary N) is 1. The van der Waals surface area contributed by atoms with E-state index in [1.807, 2.05) is 0 Å². The Labute approximate surface area is 162 Å². The van der Waals surface area contributed by atoms with E-state index >= 15 is 0 Å². The minimum Gasteiger partial charge on any atom is -0.340 e. The van der Waals surface area contributed by atoms with Crippen molar-refractivity contribution < 1.29 is 19.3 Å². The van der Waals surface area contributed by atoms with Crippen molar-refractivity contribution in [3.63, 3.8) is 0 Å². The van der Waals surface area contributed by atoms with Crippen LogP contribution < -0.4 is 5.32 Å². The lowest BCUT2D eigenvalue weighted by Crippen LogP contribution is -2.50. The number of carbonyl (C=O) groups is 3. The molecule has 1 aromatic carbocycles. The quantitative estimate of drug-likeness (QED) is 0.471. The summed E-state index contributed by atoms with van der Waals surface area (Å²) in [6.07, 6.45) is 2.90. The van der Waals surface area contributed by atoms with Crippen molar-refractivity contribution >= 4 is 23.5 Å². The summed E-state index contributed by atoms with van der Waals surface area (Å²) >= 11 is 0. The van der Waals surface area contributed by atoms with Crippen LogP contribution >= 0.6 is 0 Å². The predicted octanol–water partition coefficient (Wildman–Crippen LogP) is 2.05. The molecular formula is C19H24N4O5. The molecule has 1 heterocycles. The molecule has 4 amide bonds. The Morgan fingerprint density at radius 3 is 2.68 bits per heavy atom. The Hall–Kier alpha value is -2.97. The Bertz CT molecular complexity index is 816. The molecule has 0 aromatic heterocycles. The SMILES string of the molecule is CC1CCC2(CC1)NC(=O)N(CC(=O)N(C)Cc1cccc([N+](=O)[O-])c1)C2=O. The van der Waals surface area contributed by atoms with Gasteiger partial charge in [0, 0.05) is 25.7 Å². The second-order valence-electron chi connectivity index (χ2n) is 7.76. The summed E-state index contributed by atoms with van der Waals surface area (Å²) in [5, 5.41) is 13.7. The van der Waals surface area contributed by atoms with Gasteiger partial charge >= 0.3 is 6.03 Å². The Morgan fingerprint density at radius 1 is 1.36 bits per heavy atom. The number of amides is 4. The molecule has 1 aliphatic carbocycles. The van der Waals surface area contributed by atoms with Gasteiger partial charge in [-0.05, 0) is 37.2 Å². The van der Waals surface area contributed by atoms with Crippen molar-refractivity contribution in [1.82, 2.24) is 15.1 Å². The number of hydrogen-bond acceptors (Lipinski definition) is 5. The van der Waals surface area contributed by atoms with Gasteiger partial charge in [0.05, 0.1) is 4.92 Å². The summed E-state index contributed by atoms with van der Waals surface area (Å²) in [5.74, 6) is -0.218. The first-order valence-electron chi connectivity index (χ1n) is 9.33. The molecule has 28 heavy (non-hydrogen) atoms. The third-order valence-corrected chi connectivity index (χ3v) is 5.63. The Morgan fingerprint density at radius 2 is 2.04 bits per heavy atom. The molecule has 1 aromatic rings. The van der Waals surface area contributed by atoms with Crippen molar-refractivity contribution in [2.75, 3.05) is 13.6 Å². The van der Waals surface area contributed by atoms with Crippen LogP contribution in [0.2, 0.25) is 0 Å². The van der Waals surface area contributed by atoms with Crippen molar-refractivity contribution in [3.8, 4) is 0 Å². The van der Waals surface area contributed by atoms with Crippen LogP contribution in [-0.2, 0) is 16.1 Å². The zero-order valence-corrected chi connectivity index (χ0v) is 16.0. The molecule has 0 radical (unpaired) electrons. The van der Waals surface area contributed by atoms with E-state index in [1.54, 1.807) is 12.1 Å². The third-order valence-electron chi connectivity index (χ3n) is 5.63. The minimum absolute atomic E-state index is 0.0547. The number of nitro benzene ring substituents is 1. The van der Waals surface area contributed by atoms with Gasteiger partial charge in [-0.2, -0.15) is 0 Å². The molecule has 2 fully saturated rings. The summed E-state index contributed by atoms with van der Waals surface area (Å²) in [7, 11) is 1.54. The summed E-state index contributed by atoms with van der Waals surface area (Å²) in [6, 6.07) is 5.48. The van der Waals surface area contributed by atoms with E-state index in [9.17, 15) is 24.5 Å². The highest BCUT2D eigenvalue weighted by Gasteiger charge is 2.52. The van der Waals surface area contributed by atoms with Crippen LogP contribution in [0, 0.1) is 16.0 Å². The van der Waals surface area contributed by atoms with Crippen LogP contribution in [-0.4, -0.2) is 51.7 Å². The molecule has 1 N–H and O–H groups in total. The molecule has 1 spiro atoms. The molecule has 1 aliphatic heterocycles. The lowest BCUT2D eigenvalue weighted by Gasteiger charge is -2.33. The van der Waals surface area contributed by atoms with E-state index in [4.69, 9.17) is 0 Å². The Kier molecular flexibility index (Phi) is 5.35. The first-order valence-corrected chi connectivity index (χ1v) is 9.33. The predicted molar refractivity (Wildman–Crippen MR) is 100 cm³/mol. The first-order chi connectivity index (χ1) is 13.2. The van der Waals surface area contributed by atoms with Gasteiger partial charge in [-0.15, -0.1) is 0 Å². The topological polar surface area (TPSA) is 113 Å². The van der Waals surface area contributed by atoms with E-state index in [0.29, 0.717) is 24.3 Å². The van der Waals surface area contributed by atoms with Gasteiger partial charge in [0.2, 0.25) is 5.91 Å². The van der Waals surface area contributed by atoms with Crippen molar-refractivity contribution in [1.29, 1.82) is 0 Å². The fourth-order valence-corrected chi connectivity index (χ4v) is 3.80. The number of imide groups is 1. The number of rotatable bonds is 5. The number of benzene rings is 1. The molecule has 9 heteroatoms. The normalized spacial score (nSPS) is 24.4. The molecule has 0 bridgehead atoms. The van der Waals surface area contributed by atoms with Crippen LogP contribution in [0.25, 0.3) is 0 Å². The highest BCUT2D eigenvalue weighted by atomic mass is 16.6. The molecule has 1 saturated carbocycles. The highest BCUT2D eigenvalue weighted by Crippen LogP contribution is 2.36. The standard InChI is InChI=1S/C19H24N4O5/c1-13-6-8-19(9-7-13)17(25)22(18(26)20-19)12-16(24)21(2)11-14-4-3-5-15(10-14)23(27)28/h3-5,10,13H,6-9,11-12H2,1-2H3,(H,20,26). The number of nitro groups is 1. The van der Waals surface area contributed by atoms with Crippen LogP contribution in [0.4, 0.5) is 10.5 Å². The molecule has 1 saturated heterocycles. The largest absolute Gasteiger partial charge is 0.340 e. The average Bonchev–Trinajstić information content (AvgIpc) is 2.88. The average molecular weight is 388 g/mol. The van der Waals surface area contributed by atoms with Crippen LogP contribution in [0.15, 0.2) is 24.3 Å². The fraction of sp³-hybridized carbons (Fsp3) is 0.526. The summed E-state index contributed by atoms with van der Waals surface area (Å²) < 4.78 is 0. The molecular weight excluding hydrogens is 364 g/mol.